The number of unbranched alkanes of at least 4 members (excludes halogenated alkanes) is 7. The maximum atomic E-state index is 5.45. The molecule has 0 saturated carbocycles. The summed E-state index contributed by atoms with van der Waals surface area (Å²) in [6, 6.07) is 0. The number of ether oxygens (including phenoxy) is 1. The van der Waals surface area contributed by atoms with Crippen molar-refractivity contribution in [3.63, 3.8) is 0 Å². The molecule has 18 heavy (non-hydrogen) atoms. The second kappa shape index (κ2) is 10.0. The molecule has 0 aromatic heterocycles. The molecule has 0 aromatic carbocycles. The summed E-state index contributed by atoms with van der Waals surface area (Å²) >= 11 is 0. The Hall–Kier alpha value is -0.920. The van der Waals surface area contributed by atoms with E-state index in [1.807, 2.05) is 6.20 Å². The van der Waals surface area contributed by atoms with Gasteiger partial charge >= 0.3 is 0 Å². The molecule has 0 fully saturated rings. The van der Waals surface area contributed by atoms with Crippen LogP contribution in [0.2, 0.25) is 0 Å². The van der Waals surface area contributed by atoms with Crippen molar-refractivity contribution >= 4 is 0 Å². The van der Waals surface area contributed by atoms with Gasteiger partial charge in [-0.15, -0.1) is 0 Å². The van der Waals surface area contributed by atoms with Crippen molar-refractivity contribution in [2.24, 2.45) is 5.92 Å². The van der Waals surface area contributed by atoms with Gasteiger partial charge in [-0.2, -0.15) is 0 Å². The molecule has 2 heteroatoms. The third kappa shape index (κ3) is 6.73. The van der Waals surface area contributed by atoms with Gasteiger partial charge in [0.15, 0.2) is 0 Å². The molecule has 1 atom stereocenters. The molecule has 0 aliphatic carbocycles. The maximum absolute atomic E-state index is 5.45. The first kappa shape index (κ1) is 15.1. The Kier molecular flexibility index (Phi) is 8.45. The molecule has 1 radical (unpaired) electrons. The minimum Gasteiger partial charge on any atom is -0.466 e. The van der Waals surface area contributed by atoms with Crippen LogP contribution < -0.4 is 5.32 Å². The average molecular weight is 250 g/mol. The van der Waals surface area contributed by atoms with Crippen LogP contribution in [0.5, 0.6) is 0 Å². The first-order valence-electron chi connectivity index (χ1n) is 7.56. The zero-order valence-corrected chi connectivity index (χ0v) is 12.0. The fourth-order valence-corrected chi connectivity index (χ4v) is 2.26. The summed E-state index contributed by atoms with van der Waals surface area (Å²) in [6.45, 7) is 4.49. The fourth-order valence-electron chi connectivity index (χ4n) is 2.26. The maximum Gasteiger partial charge on any atom is 0.124 e. The molecule has 1 rings (SSSR count). The molecular weight excluding hydrogens is 222 g/mol. The standard InChI is InChI=1S/C16H28NO/c1-3-4-5-6-7-8-9-10-11-15(2)16-14-17-12-13-18-16/h12-15H,3-11H2,1-2H3. The van der Waals surface area contributed by atoms with Crippen LogP contribution in [0, 0.1) is 5.92 Å². The van der Waals surface area contributed by atoms with Gasteiger partial charge < -0.3 is 4.74 Å². The first-order chi connectivity index (χ1) is 8.84. The van der Waals surface area contributed by atoms with Crippen molar-refractivity contribution in [1.29, 1.82) is 0 Å². The van der Waals surface area contributed by atoms with Gasteiger partial charge in [0, 0.05) is 5.92 Å². The zero-order valence-electron chi connectivity index (χ0n) is 12.0. The third-order valence-corrected chi connectivity index (χ3v) is 3.53. The van der Waals surface area contributed by atoms with Crippen molar-refractivity contribution in [2.75, 3.05) is 0 Å². The summed E-state index contributed by atoms with van der Waals surface area (Å²) in [6.07, 6.45) is 17.4. The molecule has 0 saturated heterocycles. The number of nitrogens with zero attached hydrogens (tertiary/aromatic N) is 1. The Morgan fingerprint density at radius 1 is 1.06 bits per heavy atom. The lowest BCUT2D eigenvalue weighted by Gasteiger charge is -2.16. The predicted octanol–water partition coefficient (Wildman–Crippen LogP) is 5.10. The lowest BCUT2D eigenvalue weighted by Crippen LogP contribution is -2.06. The van der Waals surface area contributed by atoms with Crippen LogP contribution in [-0.2, 0) is 4.74 Å². The fraction of sp³-hybridized carbons (Fsp3) is 0.750. The van der Waals surface area contributed by atoms with Gasteiger partial charge in [-0.1, -0.05) is 65.2 Å². The van der Waals surface area contributed by atoms with E-state index in [-0.39, 0.29) is 0 Å². The van der Waals surface area contributed by atoms with Gasteiger partial charge in [0.05, 0.1) is 12.4 Å². The Balaban J connectivity index is 1.92. The first-order valence-corrected chi connectivity index (χ1v) is 7.56. The Bertz CT molecular complexity index is 258. The highest BCUT2D eigenvalue weighted by atomic mass is 16.5. The molecule has 0 amide bonds. The van der Waals surface area contributed by atoms with Gasteiger partial charge in [-0.05, 0) is 6.42 Å². The number of hydrogen-bond donors (Lipinski definition) is 0. The third-order valence-electron chi connectivity index (χ3n) is 3.53. The van der Waals surface area contributed by atoms with E-state index in [4.69, 9.17) is 4.74 Å². The molecule has 103 valence electrons. The van der Waals surface area contributed by atoms with E-state index in [0.29, 0.717) is 5.92 Å². The highest BCUT2D eigenvalue weighted by Gasteiger charge is 2.11. The SMILES string of the molecule is CCCCCCCCCCC(C)C1=C[N]C=CO1. The lowest BCUT2D eigenvalue weighted by atomic mass is 10.00. The van der Waals surface area contributed by atoms with Gasteiger partial charge in [-0.3, -0.25) is 5.32 Å². The van der Waals surface area contributed by atoms with E-state index in [0.717, 1.165) is 5.76 Å². The van der Waals surface area contributed by atoms with Crippen molar-refractivity contribution < 1.29 is 4.74 Å². The van der Waals surface area contributed by atoms with Crippen molar-refractivity contribution in [3.05, 3.63) is 24.4 Å². The molecule has 1 heterocycles. The van der Waals surface area contributed by atoms with E-state index in [2.05, 4.69) is 19.2 Å². The van der Waals surface area contributed by atoms with E-state index in [1.165, 1.54) is 57.8 Å². The monoisotopic (exact) mass is 250 g/mol. The summed E-state index contributed by atoms with van der Waals surface area (Å²) in [5.41, 5.74) is 0. The van der Waals surface area contributed by atoms with Crippen LogP contribution in [0.3, 0.4) is 0 Å². The largest absolute Gasteiger partial charge is 0.466 e. The molecule has 0 bridgehead atoms. The molecule has 1 unspecified atom stereocenters. The van der Waals surface area contributed by atoms with Crippen molar-refractivity contribution in [3.8, 4) is 0 Å². The van der Waals surface area contributed by atoms with Crippen LogP contribution in [0.25, 0.3) is 0 Å². The lowest BCUT2D eigenvalue weighted by molar-refractivity contribution is 0.275. The van der Waals surface area contributed by atoms with Crippen LogP contribution >= 0.6 is 0 Å². The molecule has 0 spiro atoms. The van der Waals surface area contributed by atoms with E-state index >= 15 is 0 Å². The Morgan fingerprint density at radius 2 is 1.72 bits per heavy atom. The Labute approximate surface area is 112 Å². The van der Waals surface area contributed by atoms with Gasteiger partial charge in [-0.25, -0.2) is 0 Å². The quantitative estimate of drug-likeness (QED) is 0.495. The molecule has 0 N–H and O–H groups in total. The minimum absolute atomic E-state index is 0.499. The minimum atomic E-state index is 0.499. The van der Waals surface area contributed by atoms with E-state index in [1.54, 1.807) is 12.5 Å². The smallest absolute Gasteiger partial charge is 0.124 e. The highest BCUT2D eigenvalue weighted by molar-refractivity contribution is 5.03. The second-order valence-electron chi connectivity index (χ2n) is 5.25. The number of hydrogen-bond acceptors (Lipinski definition) is 1. The topological polar surface area (TPSA) is 23.3 Å². The summed E-state index contributed by atoms with van der Waals surface area (Å²) < 4.78 is 5.45. The summed E-state index contributed by atoms with van der Waals surface area (Å²) in [5, 5.41) is 4.10. The summed E-state index contributed by atoms with van der Waals surface area (Å²) in [7, 11) is 0. The molecular formula is C16H28NO. The number of rotatable bonds is 10. The van der Waals surface area contributed by atoms with Gasteiger partial charge in [0.1, 0.15) is 12.0 Å². The normalized spacial score (nSPS) is 15.8. The van der Waals surface area contributed by atoms with Crippen molar-refractivity contribution in [2.45, 2.75) is 71.6 Å². The van der Waals surface area contributed by atoms with Gasteiger partial charge in [0.2, 0.25) is 0 Å². The predicted molar refractivity (Wildman–Crippen MR) is 76.8 cm³/mol. The molecule has 2 nitrogen and oxygen atoms in total. The summed E-state index contributed by atoms with van der Waals surface area (Å²) in [5.74, 6) is 1.51. The van der Waals surface area contributed by atoms with E-state index in [9.17, 15) is 0 Å². The van der Waals surface area contributed by atoms with Crippen LogP contribution in [0.4, 0.5) is 0 Å². The molecule has 1 aliphatic rings. The molecule has 0 aromatic rings. The zero-order chi connectivity index (χ0) is 13.1. The summed E-state index contributed by atoms with van der Waals surface area (Å²) in [4.78, 5) is 0. The Morgan fingerprint density at radius 3 is 2.33 bits per heavy atom. The highest BCUT2D eigenvalue weighted by Crippen LogP contribution is 2.21. The van der Waals surface area contributed by atoms with Gasteiger partial charge in [0.25, 0.3) is 0 Å². The van der Waals surface area contributed by atoms with Crippen LogP contribution in [-0.4, -0.2) is 0 Å². The van der Waals surface area contributed by atoms with Crippen molar-refractivity contribution in [1.82, 2.24) is 5.32 Å². The van der Waals surface area contributed by atoms with E-state index < -0.39 is 0 Å². The molecule has 1 aliphatic heterocycles. The average Bonchev–Trinajstić information content (AvgIpc) is 2.42. The van der Waals surface area contributed by atoms with Crippen LogP contribution in [0.15, 0.2) is 24.4 Å². The number of allylic oxidation sites excluding steroid dienone is 1. The van der Waals surface area contributed by atoms with Crippen LogP contribution in [0.1, 0.15) is 71.6 Å². The second-order valence-corrected chi connectivity index (χ2v) is 5.25.